The molecule has 1 nitrogen and oxygen atoms in total. The zero-order valence-electron chi connectivity index (χ0n) is 12.9. The molecule has 0 aliphatic rings. The summed E-state index contributed by atoms with van der Waals surface area (Å²) in [7, 11) is 0. The average molecular weight is 322 g/mol. The molecule has 0 aliphatic carbocycles. The first-order chi connectivity index (χ1) is 9.93. The lowest BCUT2D eigenvalue weighted by Crippen LogP contribution is -2.24. The van der Waals surface area contributed by atoms with Crippen LogP contribution in [0.2, 0.25) is 10.0 Å². The van der Waals surface area contributed by atoms with Gasteiger partial charge in [0.05, 0.1) is 6.04 Å². The molecule has 0 fully saturated rings. The van der Waals surface area contributed by atoms with E-state index in [-0.39, 0.29) is 6.04 Å². The molecule has 1 atom stereocenters. The van der Waals surface area contributed by atoms with E-state index in [0.717, 1.165) is 12.1 Å². The van der Waals surface area contributed by atoms with Crippen LogP contribution >= 0.6 is 23.2 Å². The van der Waals surface area contributed by atoms with Gasteiger partial charge in [0.2, 0.25) is 0 Å². The predicted molar refractivity (Wildman–Crippen MR) is 92.6 cm³/mol. The van der Waals surface area contributed by atoms with Gasteiger partial charge in [-0.15, -0.1) is 0 Å². The van der Waals surface area contributed by atoms with Crippen molar-refractivity contribution < 1.29 is 0 Å². The summed E-state index contributed by atoms with van der Waals surface area (Å²) < 4.78 is 0. The van der Waals surface area contributed by atoms with E-state index >= 15 is 0 Å². The van der Waals surface area contributed by atoms with Gasteiger partial charge in [0.25, 0.3) is 0 Å². The molecule has 1 N–H and O–H groups in total. The normalized spacial score (nSPS) is 12.5. The van der Waals surface area contributed by atoms with Gasteiger partial charge in [-0.3, -0.25) is 0 Å². The number of hydrogen-bond donors (Lipinski definition) is 1. The lowest BCUT2D eigenvalue weighted by Gasteiger charge is -2.24. The standard InChI is InChI=1S/C18H21Cl2N/c1-5-21-18(15-7-6-14(19)10-16(15)20)17-12(3)8-11(2)9-13(17)4/h6-10,18,21H,5H2,1-4H3. The van der Waals surface area contributed by atoms with Gasteiger partial charge in [0.1, 0.15) is 0 Å². The fourth-order valence-electron chi connectivity index (χ4n) is 2.95. The van der Waals surface area contributed by atoms with Gasteiger partial charge in [-0.1, -0.05) is 53.9 Å². The Morgan fingerprint density at radius 1 is 1.00 bits per heavy atom. The van der Waals surface area contributed by atoms with Crippen LogP contribution in [0.5, 0.6) is 0 Å². The molecule has 21 heavy (non-hydrogen) atoms. The third-order valence-corrected chi connectivity index (χ3v) is 4.27. The van der Waals surface area contributed by atoms with Gasteiger partial charge < -0.3 is 5.32 Å². The van der Waals surface area contributed by atoms with Crippen LogP contribution in [0.1, 0.15) is 40.8 Å². The quantitative estimate of drug-likeness (QED) is 0.770. The van der Waals surface area contributed by atoms with E-state index < -0.39 is 0 Å². The average Bonchev–Trinajstić information content (AvgIpc) is 2.37. The van der Waals surface area contributed by atoms with Gasteiger partial charge in [-0.25, -0.2) is 0 Å². The van der Waals surface area contributed by atoms with Crippen molar-refractivity contribution in [3.05, 3.63) is 68.2 Å². The minimum Gasteiger partial charge on any atom is -0.306 e. The van der Waals surface area contributed by atoms with Gasteiger partial charge in [-0.2, -0.15) is 0 Å². The predicted octanol–water partition coefficient (Wildman–Crippen LogP) is 5.62. The third-order valence-electron chi connectivity index (χ3n) is 3.71. The molecular weight excluding hydrogens is 301 g/mol. The smallest absolute Gasteiger partial charge is 0.0596 e. The second-order valence-corrected chi connectivity index (χ2v) is 6.31. The van der Waals surface area contributed by atoms with Crippen molar-refractivity contribution >= 4 is 23.2 Å². The molecular formula is C18H21Cl2N. The molecule has 0 spiro atoms. The lowest BCUT2D eigenvalue weighted by molar-refractivity contribution is 0.624. The summed E-state index contributed by atoms with van der Waals surface area (Å²) in [5.41, 5.74) is 6.21. The Morgan fingerprint density at radius 3 is 2.14 bits per heavy atom. The molecule has 0 aromatic heterocycles. The fourth-order valence-corrected chi connectivity index (χ4v) is 3.47. The van der Waals surface area contributed by atoms with Crippen molar-refractivity contribution in [1.82, 2.24) is 5.32 Å². The molecule has 0 heterocycles. The van der Waals surface area contributed by atoms with Crippen molar-refractivity contribution in [2.45, 2.75) is 33.7 Å². The maximum absolute atomic E-state index is 6.42. The topological polar surface area (TPSA) is 12.0 Å². The summed E-state index contributed by atoms with van der Waals surface area (Å²) in [4.78, 5) is 0. The van der Waals surface area contributed by atoms with E-state index in [9.17, 15) is 0 Å². The van der Waals surface area contributed by atoms with Crippen LogP contribution in [0.3, 0.4) is 0 Å². The molecule has 112 valence electrons. The van der Waals surface area contributed by atoms with Crippen LogP contribution in [-0.2, 0) is 0 Å². The van der Waals surface area contributed by atoms with Crippen molar-refractivity contribution in [2.75, 3.05) is 6.54 Å². The maximum Gasteiger partial charge on any atom is 0.0596 e. The molecule has 0 radical (unpaired) electrons. The van der Waals surface area contributed by atoms with Crippen LogP contribution < -0.4 is 5.32 Å². The van der Waals surface area contributed by atoms with Crippen LogP contribution in [0.4, 0.5) is 0 Å². The third kappa shape index (κ3) is 3.60. The molecule has 3 heteroatoms. The summed E-state index contributed by atoms with van der Waals surface area (Å²) in [6.07, 6.45) is 0. The molecule has 0 saturated carbocycles. The first-order valence-electron chi connectivity index (χ1n) is 7.20. The summed E-state index contributed by atoms with van der Waals surface area (Å²) in [6, 6.07) is 10.2. The minimum atomic E-state index is 0.0837. The summed E-state index contributed by atoms with van der Waals surface area (Å²) in [6.45, 7) is 9.42. The molecule has 1 unspecified atom stereocenters. The Labute approximate surface area is 137 Å². The fraction of sp³-hybridized carbons (Fsp3) is 0.333. The summed E-state index contributed by atoms with van der Waals surface area (Å²) in [5, 5.41) is 4.91. The van der Waals surface area contributed by atoms with Gasteiger partial charge in [-0.05, 0) is 61.7 Å². The Kier molecular flexibility index (Phi) is 5.32. The van der Waals surface area contributed by atoms with Gasteiger partial charge in [0.15, 0.2) is 0 Å². The first-order valence-corrected chi connectivity index (χ1v) is 7.95. The van der Waals surface area contributed by atoms with E-state index in [0.29, 0.717) is 10.0 Å². The second-order valence-electron chi connectivity index (χ2n) is 5.47. The highest BCUT2D eigenvalue weighted by atomic mass is 35.5. The van der Waals surface area contributed by atoms with E-state index in [1.54, 1.807) is 0 Å². The largest absolute Gasteiger partial charge is 0.306 e. The first kappa shape index (κ1) is 16.4. The van der Waals surface area contributed by atoms with Crippen LogP contribution in [0.25, 0.3) is 0 Å². The summed E-state index contributed by atoms with van der Waals surface area (Å²) in [5.74, 6) is 0. The summed E-state index contributed by atoms with van der Waals surface area (Å²) >= 11 is 12.4. The van der Waals surface area contributed by atoms with Gasteiger partial charge >= 0.3 is 0 Å². The van der Waals surface area contributed by atoms with Crippen molar-refractivity contribution in [1.29, 1.82) is 0 Å². The monoisotopic (exact) mass is 321 g/mol. The van der Waals surface area contributed by atoms with Gasteiger partial charge in [0, 0.05) is 10.0 Å². The van der Waals surface area contributed by atoms with E-state index in [1.807, 2.05) is 18.2 Å². The molecule has 2 rings (SSSR count). The van der Waals surface area contributed by atoms with Crippen molar-refractivity contribution in [3.63, 3.8) is 0 Å². The van der Waals surface area contributed by atoms with E-state index in [1.165, 1.54) is 22.3 Å². The van der Waals surface area contributed by atoms with E-state index in [2.05, 4.69) is 45.1 Å². The number of aryl methyl sites for hydroxylation is 3. The van der Waals surface area contributed by atoms with Crippen molar-refractivity contribution in [2.24, 2.45) is 0 Å². The minimum absolute atomic E-state index is 0.0837. The molecule has 2 aromatic carbocycles. The van der Waals surface area contributed by atoms with Crippen LogP contribution in [0, 0.1) is 20.8 Å². The number of rotatable bonds is 4. The molecule has 2 aromatic rings. The van der Waals surface area contributed by atoms with Crippen LogP contribution in [-0.4, -0.2) is 6.54 Å². The Morgan fingerprint density at radius 2 is 1.62 bits per heavy atom. The Balaban J connectivity index is 2.59. The highest BCUT2D eigenvalue weighted by molar-refractivity contribution is 6.35. The molecule has 0 aliphatic heterocycles. The Bertz CT molecular complexity index is 627. The van der Waals surface area contributed by atoms with Crippen LogP contribution in [0.15, 0.2) is 30.3 Å². The SMILES string of the molecule is CCNC(c1ccc(Cl)cc1Cl)c1c(C)cc(C)cc1C. The van der Waals surface area contributed by atoms with E-state index in [4.69, 9.17) is 23.2 Å². The molecule has 0 bridgehead atoms. The highest BCUT2D eigenvalue weighted by Crippen LogP contribution is 2.34. The second kappa shape index (κ2) is 6.83. The highest BCUT2D eigenvalue weighted by Gasteiger charge is 2.20. The Hall–Kier alpha value is -1.02. The molecule has 0 amide bonds. The molecule has 0 saturated heterocycles. The maximum atomic E-state index is 6.42. The number of benzene rings is 2. The van der Waals surface area contributed by atoms with Crippen molar-refractivity contribution in [3.8, 4) is 0 Å². The number of halogens is 2. The zero-order valence-corrected chi connectivity index (χ0v) is 14.4. The number of hydrogen-bond acceptors (Lipinski definition) is 1. The number of nitrogens with one attached hydrogen (secondary N) is 1. The zero-order chi connectivity index (χ0) is 15.6. The lowest BCUT2D eigenvalue weighted by atomic mass is 9.90.